The third kappa shape index (κ3) is 3.86. The van der Waals surface area contributed by atoms with Gasteiger partial charge in [-0.2, -0.15) is 0 Å². The quantitative estimate of drug-likeness (QED) is 0.721. The highest BCUT2D eigenvalue weighted by Gasteiger charge is 2.35. The summed E-state index contributed by atoms with van der Waals surface area (Å²) in [6.07, 6.45) is 3.96. The van der Waals surface area contributed by atoms with Gasteiger partial charge in [0.25, 0.3) is 11.8 Å². The number of nitrogens with two attached hydrogens (primary N) is 1. The van der Waals surface area contributed by atoms with Crippen molar-refractivity contribution >= 4 is 28.2 Å². The van der Waals surface area contributed by atoms with Gasteiger partial charge in [-0.3, -0.25) is 9.59 Å². The van der Waals surface area contributed by atoms with Gasteiger partial charge in [0, 0.05) is 10.4 Å². The van der Waals surface area contributed by atoms with Gasteiger partial charge in [-0.15, -0.1) is 11.3 Å². The summed E-state index contributed by atoms with van der Waals surface area (Å²) in [7, 11) is 0. The summed E-state index contributed by atoms with van der Waals surface area (Å²) in [6, 6.07) is 5.63. The Hall–Kier alpha value is -2.14. The van der Waals surface area contributed by atoms with Crippen molar-refractivity contribution in [3.05, 3.63) is 50.9 Å². The Balaban J connectivity index is 1.91. The zero-order chi connectivity index (χ0) is 20.6. The Labute approximate surface area is 171 Å². The van der Waals surface area contributed by atoms with Crippen LogP contribution in [0, 0.1) is 25.2 Å². The maximum atomic E-state index is 12.8. The van der Waals surface area contributed by atoms with Crippen molar-refractivity contribution in [2.75, 3.05) is 5.32 Å². The lowest BCUT2D eigenvalue weighted by atomic mass is 9.69. The summed E-state index contributed by atoms with van der Waals surface area (Å²) in [6.45, 7) is 10.9. The predicted octanol–water partition coefficient (Wildman–Crippen LogP) is 5.26. The van der Waals surface area contributed by atoms with Crippen LogP contribution in [0.3, 0.4) is 0 Å². The van der Waals surface area contributed by atoms with Gasteiger partial charge in [0.15, 0.2) is 0 Å². The third-order valence-corrected chi connectivity index (χ3v) is 7.69. The first-order valence-corrected chi connectivity index (χ1v) is 10.8. The molecule has 0 spiro atoms. The van der Waals surface area contributed by atoms with Gasteiger partial charge >= 0.3 is 0 Å². The number of benzene rings is 1. The predicted molar refractivity (Wildman–Crippen MR) is 116 cm³/mol. The van der Waals surface area contributed by atoms with Crippen LogP contribution < -0.4 is 11.1 Å². The Morgan fingerprint density at radius 1 is 1.25 bits per heavy atom. The number of thiophene rings is 1. The van der Waals surface area contributed by atoms with Crippen LogP contribution >= 0.6 is 11.3 Å². The van der Waals surface area contributed by atoms with Gasteiger partial charge in [0.05, 0.1) is 5.56 Å². The molecule has 1 aromatic carbocycles. The van der Waals surface area contributed by atoms with Crippen molar-refractivity contribution in [1.29, 1.82) is 0 Å². The normalized spacial score (nSPS) is 16.5. The van der Waals surface area contributed by atoms with E-state index in [0.29, 0.717) is 22.0 Å². The molecular weight excluding hydrogens is 368 g/mol. The molecule has 1 aromatic heterocycles. The first-order chi connectivity index (χ1) is 13.1. The maximum Gasteiger partial charge on any atom is 0.256 e. The van der Waals surface area contributed by atoms with E-state index >= 15 is 0 Å². The van der Waals surface area contributed by atoms with Crippen LogP contribution in [-0.2, 0) is 12.8 Å². The molecule has 3 N–H and O–H groups in total. The fourth-order valence-electron chi connectivity index (χ4n) is 3.95. The first-order valence-electron chi connectivity index (χ1n) is 9.97. The van der Waals surface area contributed by atoms with Crippen molar-refractivity contribution in [1.82, 2.24) is 0 Å². The number of fused-ring (bicyclic) bond motifs is 1. The fourth-order valence-corrected chi connectivity index (χ4v) is 5.28. The maximum absolute atomic E-state index is 12.8. The van der Waals surface area contributed by atoms with Crippen LogP contribution in [-0.4, -0.2) is 11.8 Å². The second-order valence-electron chi connectivity index (χ2n) is 8.61. The fraction of sp³-hybridized carbons (Fsp3) is 0.478. The van der Waals surface area contributed by atoms with E-state index in [1.807, 2.05) is 32.0 Å². The van der Waals surface area contributed by atoms with E-state index in [1.54, 1.807) is 0 Å². The molecule has 0 saturated carbocycles. The molecule has 0 fully saturated rings. The monoisotopic (exact) mass is 398 g/mol. The van der Waals surface area contributed by atoms with Crippen LogP contribution in [0.4, 0.5) is 5.00 Å². The smallest absolute Gasteiger partial charge is 0.256 e. The Kier molecular flexibility index (Phi) is 5.67. The second-order valence-corrected chi connectivity index (χ2v) is 9.71. The Morgan fingerprint density at radius 3 is 2.57 bits per heavy atom. The van der Waals surface area contributed by atoms with Gasteiger partial charge in [-0.25, -0.2) is 0 Å². The lowest BCUT2D eigenvalue weighted by Crippen LogP contribution is -2.29. The van der Waals surface area contributed by atoms with E-state index in [1.165, 1.54) is 16.2 Å². The summed E-state index contributed by atoms with van der Waals surface area (Å²) >= 11 is 1.52. The number of carbonyl (C=O) groups is 2. The highest BCUT2D eigenvalue weighted by molar-refractivity contribution is 7.17. The van der Waals surface area contributed by atoms with Crippen LogP contribution in [0.5, 0.6) is 0 Å². The number of aryl methyl sites for hydroxylation is 2. The molecule has 2 aromatic rings. The zero-order valence-electron chi connectivity index (χ0n) is 17.4. The minimum atomic E-state index is -0.457. The highest BCUT2D eigenvalue weighted by Crippen LogP contribution is 2.45. The van der Waals surface area contributed by atoms with E-state index < -0.39 is 5.91 Å². The Bertz CT molecular complexity index is 927. The molecule has 1 aliphatic carbocycles. The molecule has 4 nitrogen and oxygen atoms in total. The van der Waals surface area contributed by atoms with Crippen molar-refractivity contribution in [2.24, 2.45) is 17.1 Å². The van der Waals surface area contributed by atoms with Crippen LogP contribution in [0.15, 0.2) is 18.2 Å². The molecule has 150 valence electrons. The Morgan fingerprint density at radius 2 is 1.96 bits per heavy atom. The minimum Gasteiger partial charge on any atom is -0.365 e. The van der Waals surface area contributed by atoms with E-state index in [4.69, 9.17) is 5.73 Å². The van der Waals surface area contributed by atoms with Crippen molar-refractivity contribution < 1.29 is 9.59 Å². The number of hydrogen-bond donors (Lipinski definition) is 2. The molecule has 1 atom stereocenters. The van der Waals surface area contributed by atoms with Crippen LogP contribution in [0.1, 0.15) is 75.9 Å². The van der Waals surface area contributed by atoms with Gasteiger partial charge in [-0.1, -0.05) is 33.3 Å². The highest BCUT2D eigenvalue weighted by atomic mass is 32.1. The number of hydrogen-bond acceptors (Lipinski definition) is 3. The molecule has 0 unspecified atom stereocenters. The number of carbonyl (C=O) groups excluding carboxylic acids is 2. The molecular formula is C23H30N2O2S. The molecule has 0 radical (unpaired) electrons. The van der Waals surface area contributed by atoms with E-state index in [2.05, 4.69) is 26.1 Å². The molecule has 3 rings (SSSR count). The standard InChI is InChI=1S/C23H30N2O2S/c1-6-23(4,5)16-9-10-17-18(12-16)28-22(19(17)20(24)26)25-21(27)15-8-7-13(2)14(3)11-15/h7-8,11,16H,6,9-10,12H2,1-5H3,(H2,24,26)(H,25,27)/t16-/m0/s1. The number of primary amides is 1. The van der Waals surface area contributed by atoms with Gasteiger partial charge < -0.3 is 11.1 Å². The van der Waals surface area contributed by atoms with E-state index in [-0.39, 0.29) is 11.3 Å². The lowest BCUT2D eigenvalue weighted by molar-refractivity contribution is 0.0999. The van der Waals surface area contributed by atoms with Gasteiger partial charge in [0.1, 0.15) is 5.00 Å². The summed E-state index contributed by atoms with van der Waals surface area (Å²) < 4.78 is 0. The summed E-state index contributed by atoms with van der Waals surface area (Å²) in [4.78, 5) is 26.2. The van der Waals surface area contributed by atoms with E-state index in [9.17, 15) is 9.59 Å². The van der Waals surface area contributed by atoms with Crippen LogP contribution in [0.2, 0.25) is 0 Å². The molecule has 28 heavy (non-hydrogen) atoms. The van der Waals surface area contributed by atoms with Gasteiger partial charge in [-0.05, 0) is 73.3 Å². The third-order valence-electron chi connectivity index (χ3n) is 6.52. The molecule has 1 heterocycles. The molecule has 0 saturated heterocycles. The number of amides is 2. The molecule has 1 aliphatic rings. The topological polar surface area (TPSA) is 72.2 Å². The summed E-state index contributed by atoms with van der Waals surface area (Å²) in [5.74, 6) is -0.0802. The van der Waals surface area contributed by atoms with Crippen molar-refractivity contribution in [2.45, 2.75) is 60.3 Å². The number of anilines is 1. The minimum absolute atomic E-state index is 0.199. The SMILES string of the molecule is CCC(C)(C)[C@H]1CCc2c(sc(NC(=O)c3ccc(C)c(C)c3)c2C(N)=O)C1. The average Bonchev–Trinajstić information content (AvgIpc) is 3.00. The summed E-state index contributed by atoms with van der Waals surface area (Å²) in [5.41, 5.74) is 10.3. The molecule has 0 aliphatic heterocycles. The molecule has 2 amide bonds. The second kappa shape index (κ2) is 7.70. The van der Waals surface area contributed by atoms with Gasteiger partial charge in [0.2, 0.25) is 0 Å². The number of rotatable bonds is 5. The molecule has 0 bridgehead atoms. The van der Waals surface area contributed by atoms with E-state index in [0.717, 1.165) is 42.4 Å². The molecule has 5 heteroatoms. The summed E-state index contributed by atoms with van der Waals surface area (Å²) in [5, 5.41) is 3.55. The number of nitrogens with one attached hydrogen (secondary N) is 1. The zero-order valence-corrected chi connectivity index (χ0v) is 18.3. The first kappa shape index (κ1) is 20.6. The largest absolute Gasteiger partial charge is 0.365 e. The van der Waals surface area contributed by atoms with Crippen molar-refractivity contribution in [3.8, 4) is 0 Å². The van der Waals surface area contributed by atoms with Crippen molar-refractivity contribution in [3.63, 3.8) is 0 Å². The lowest BCUT2D eigenvalue weighted by Gasteiger charge is -2.36. The average molecular weight is 399 g/mol. The van der Waals surface area contributed by atoms with Crippen LogP contribution in [0.25, 0.3) is 0 Å².